The Morgan fingerprint density at radius 1 is 1.09 bits per heavy atom. The summed E-state index contributed by atoms with van der Waals surface area (Å²) in [5.41, 5.74) is 2.17. The Kier molecular flexibility index (Phi) is 6.77. The third kappa shape index (κ3) is 4.25. The molecule has 0 bridgehead atoms. The number of rotatable bonds is 8. The predicted molar refractivity (Wildman–Crippen MR) is 131 cm³/mol. The number of aryl methyl sites for hydroxylation is 1. The third-order valence-electron chi connectivity index (χ3n) is 6.31. The molecule has 0 N–H and O–H groups in total. The summed E-state index contributed by atoms with van der Waals surface area (Å²) in [7, 11) is 0. The highest BCUT2D eigenvalue weighted by Crippen LogP contribution is 2.39. The van der Waals surface area contributed by atoms with E-state index in [0.29, 0.717) is 41.3 Å². The van der Waals surface area contributed by atoms with Crippen molar-refractivity contribution in [3.05, 3.63) is 74.1 Å². The smallest absolute Gasteiger partial charge is 0.290 e. The minimum absolute atomic E-state index is 0.118. The van der Waals surface area contributed by atoms with Crippen molar-refractivity contribution < 1.29 is 13.9 Å². The van der Waals surface area contributed by atoms with Gasteiger partial charge in [0, 0.05) is 18.1 Å². The van der Waals surface area contributed by atoms with E-state index in [4.69, 9.17) is 20.8 Å². The maximum Gasteiger partial charge on any atom is 0.290 e. The average molecular weight is 469 g/mol. The summed E-state index contributed by atoms with van der Waals surface area (Å²) in [6.07, 6.45) is 0. The quantitative estimate of drug-likeness (QED) is 0.463. The van der Waals surface area contributed by atoms with Gasteiger partial charge in [0.2, 0.25) is 5.76 Å². The molecule has 4 rings (SSSR count). The highest BCUT2D eigenvalue weighted by molar-refractivity contribution is 6.32. The van der Waals surface area contributed by atoms with Crippen molar-refractivity contribution in [2.45, 2.75) is 33.7 Å². The molecule has 0 saturated heterocycles. The van der Waals surface area contributed by atoms with Crippen LogP contribution in [0.2, 0.25) is 5.02 Å². The summed E-state index contributed by atoms with van der Waals surface area (Å²) >= 11 is 6.31. The van der Waals surface area contributed by atoms with Crippen LogP contribution in [-0.2, 0) is 0 Å². The summed E-state index contributed by atoms with van der Waals surface area (Å²) in [5, 5.41) is 0.883. The summed E-state index contributed by atoms with van der Waals surface area (Å²) in [6.45, 7) is 11.5. The van der Waals surface area contributed by atoms with Gasteiger partial charge in [-0.05, 0) is 62.3 Å². The molecule has 1 aliphatic rings. The van der Waals surface area contributed by atoms with Gasteiger partial charge >= 0.3 is 0 Å². The first-order valence-electron chi connectivity index (χ1n) is 11.4. The second-order valence-electron chi connectivity index (χ2n) is 8.20. The Labute approximate surface area is 198 Å². The lowest BCUT2D eigenvalue weighted by Crippen LogP contribution is -2.37. The van der Waals surface area contributed by atoms with Gasteiger partial charge in [0.05, 0.1) is 23.6 Å². The molecule has 33 heavy (non-hydrogen) atoms. The van der Waals surface area contributed by atoms with Gasteiger partial charge < -0.3 is 19.0 Å². The predicted octanol–water partition coefficient (Wildman–Crippen LogP) is 5.04. The number of fused-ring (bicyclic) bond motifs is 2. The van der Waals surface area contributed by atoms with Crippen LogP contribution in [0.4, 0.5) is 0 Å². The topological polar surface area (TPSA) is 63.0 Å². The van der Waals surface area contributed by atoms with E-state index in [-0.39, 0.29) is 17.1 Å². The molecule has 0 saturated carbocycles. The molecule has 0 fully saturated rings. The van der Waals surface area contributed by atoms with Gasteiger partial charge in [0.1, 0.15) is 11.3 Å². The fraction of sp³-hybridized carbons (Fsp3) is 0.385. The van der Waals surface area contributed by atoms with Crippen molar-refractivity contribution in [3.63, 3.8) is 0 Å². The molecule has 2 heterocycles. The Balaban J connectivity index is 1.86. The lowest BCUT2D eigenvalue weighted by molar-refractivity contribution is 0.0708. The zero-order chi connectivity index (χ0) is 23.7. The lowest BCUT2D eigenvalue weighted by atomic mass is 9.98. The number of likely N-dealkylation sites (N-methyl/N-ethyl adjacent to an activating group) is 1. The number of carbonyl (C=O) groups excluding carboxylic acids is 1. The third-order valence-corrected chi connectivity index (χ3v) is 6.71. The van der Waals surface area contributed by atoms with Gasteiger partial charge in [0.25, 0.3) is 5.91 Å². The SMILES string of the molecule is CCOc1ccc(C2c3c(oc4cc(C)c(Cl)cc4c3=O)C(=O)N2CCN(CC)CC)cc1. The minimum Gasteiger partial charge on any atom is -0.494 e. The van der Waals surface area contributed by atoms with Gasteiger partial charge in [-0.15, -0.1) is 0 Å². The zero-order valence-corrected chi connectivity index (χ0v) is 20.2. The highest BCUT2D eigenvalue weighted by Gasteiger charge is 2.42. The molecule has 1 amide bonds. The Hall–Kier alpha value is -2.83. The molecule has 1 unspecified atom stereocenters. The molecule has 3 aromatic rings. The summed E-state index contributed by atoms with van der Waals surface area (Å²) in [4.78, 5) is 31.2. The molecule has 0 aliphatic carbocycles. The van der Waals surface area contributed by atoms with Crippen molar-refractivity contribution in [1.29, 1.82) is 0 Å². The van der Waals surface area contributed by atoms with Gasteiger partial charge in [-0.3, -0.25) is 9.59 Å². The molecule has 174 valence electrons. The molecule has 0 spiro atoms. The van der Waals surface area contributed by atoms with E-state index in [0.717, 1.165) is 30.0 Å². The minimum atomic E-state index is -0.528. The maximum absolute atomic E-state index is 13.6. The second kappa shape index (κ2) is 9.57. The summed E-state index contributed by atoms with van der Waals surface area (Å²) in [5.74, 6) is 0.601. The van der Waals surface area contributed by atoms with Crippen LogP contribution >= 0.6 is 11.6 Å². The van der Waals surface area contributed by atoms with Crippen molar-refractivity contribution in [3.8, 4) is 5.75 Å². The summed E-state index contributed by atoms with van der Waals surface area (Å²) in [6, 6.07) is 10.4. The Morgan fingerprint density at radius 3 is 2.42 bits per heavy atom. The second-order valence-corrected chi connectivity index (χ2v) is 8.61. The first-order valence-corrected chi connectivity index (χ1v) is 11.8. The number of halogens is 1. The monoisotopic (exact) mass is 468 g/mol. The molecule has 1 aliphatic heterocycles. The van der Waals surface area contributed by atoms with Crippen LogP contribution < -0.4 is 10.2 Å². The molecule has 6 nitrogen and oxygen atoms in total. The zero-order valence-electron chi connectivity index (χ0n) is 19.5. The number of hydrogen-bond donors (Lipinski definition) is 0. The first kappa shape index (κ1) is 23.3. The fourth-order valence-electron chi connectivity index (χ4n) is 4.42. The summed E-state index contributed by atoms with van der Waals surface area (Å²) < 4.78 is 11.6. The number of amides is 1. The van der Waals surface area contributed by atoms with E-state index < -0.39 is 6.04 Å². The fourth-order valence-corrected chi connectivity index (χ4v) is 4.58. The Morgan fingerprint density at radius 2 is 1.79 bits per heavy atom. The van der Waals surface area contributed by atoms with E-state index >= 15 is 0 Å². The molecule has 1 atom stereocenters. The molecule has 2 aromatic carbocycles. The van der Waals surface area contributed by atoms with Gasteiger partial charge in [0.15, 0.2) is 5.43 Å². The first-order chi connectivity index (χ1) is 15.9. The molecule has 0 radical (unpaired) electrons. The molecule has 1 aromatic heterocycles. The van der Waals surface area contributed by atoms with Crippen LogP contribution in [0.5, 0.6) is 5.75 Å². The van der Waals surface area contributed by atoms with Crippen molar-refractivity contribution in [2.75, 3.05) is 32.8 Å². The number of carbonyl (C=O) groups is 1. The average Bonchev–Trinajstić information content (AvgIpc) is 3.09. The standard InChI is InChI=1S/C26H29ClN2O4/c1-5-28(6-2)12-13-29-23(17-8-10-18(11-9-17)32-7-3)22-24(30)19-15-20(27)16(4)14-21(19)33-25(22)26(29)31/h8-11,14-15,23H,5-7,12-13H2,1-4H3. The number of nitrogens with zero attached hydrogens (tertiary/aromatic N) is 2. The van der Waals surface area contributed by atoms with Gasteiger partial charge in [-0.25, -0.2) is 0 Å². The number of hydrogen-bond acceptors (Lipinski definition) is 5. The van der Waals surface area contributed by atoms with E-state index in [2.05, 4.69) is 18.7 Å². The van der Waals surface area contributed by atoms with Crippen LogP contribution in [0.15, 0.2) is 45.6 Å². The molecular weight excluding hydrogens is 440 g/mol. The molecule has 7 heteroatoms. The van der Waals surface area contributed by atoms with Crippen LogP contribution in [-0.4, -0.2) is 48.5 Å². The lowest BCUT2D eigenvalue weighted by Gasteiger charge is -2.28. The molecular formula is C26H29ClN2O4. The van der Waals surface area contributed by atoms with E-state index in [9.17, 15) is 9.59 Å². The normalized spacial score (nSPS) is 15.5. The maximum atomic E-state index is 13.6. The largest absolute Gasteiger partial charge is 0.494 e. The van der Waals surface area contributed by atoms with E-state index in [1.807, 2.05) is 38.1 Å². The van der Waals surface area contributed by atoms with Gasteiger partial charge in [-0.2, -0.15) is 0 Å². The van der Waals surface area contributed by atoms with E-state index in [1.165, 1.54) is 0 Å². The van der Waals surface area contributed by atoms with Crippen molar-refractivity contribution in [2.24, 2.45) is 0 Å². The van der Waals surface area contributed by atoms with Crippen LogP contribution in [0.3, 0.4) is 0 Å². The Bertz CT molecular complexity index is 1230. The van der Waals surface area contributed by atoms with Crippen molar-refractivity contribution >= 4 is 28.5 Å². The number of ether oxygens (including phenoxy) is 1. The van der Waals surface area contributed by atoms with Crippen LogP contribution in [0.1, 0.15) is 54.1 Å². The number of benzene rings is 2. The van der Waals surface area contributed by atoms with Crippen LogP contribution in [0.25, 0.3) is 11.0 Å². The van der Waals surface area contributed by atoms with Crippen LogP contribution in [0, 0.1) is 6.92 Å². The van der Waals surface area contributed by atoms with Crippen molar-refractivity contribution in [1.82, 2.24) is 9.80 Å². The van der Waals surface area contributed by atoms with Gasteiger partial charge in [-0.1, -0.05) is 37.6 Å². The van der Waals surface area contributed by atoms with E-state index in [1.54, 1.807) is 17.0 Å². The highest BCUT2D eigenvalue weighted by atomic mass is 35.5.